The van der Waals surface area contributed by atoms with Gasteiger partial charge in [-0.3, -0.25) is 4.79 Å². The van der Waals surface area contributed by atoms with E-state index in [1.165, 1.54) is 0 Å². The summed E-state index contributed by atoms with van der Waals surface area (Å²) in [6.07, 6.45) is 1.85. The molecule has 1 amide bonds. The Bertz CT molecular complexity index is 573. The van der Waals surface area contributed by atoms with Crippen molar-refractivity contribution in [2.24, 2.45) is 0 Å². The highest BCUT2D eigenvalue weighted by Gasteiger charge is 2.15. The van der Waals surface area contributed by atoms with Gasteiger partial charge in [-0.1, -0.05) is 12.1 Å². The number of H-pyrrole nitrogens is 1. The van der Waals surface area contributed by atoms with Gasteiger partial charge in [0.15, 0.2) is 0 Å². The number of aromatic nitrogens is 1. The van der Waals surface area contributed by atoms with E-state index in [0.29, 0.717) is 18.7 Å². The van der Waals surface area contributed by atoms with Crippen molar-refractivity contribution < 1.29 is 9.53 Å². The molecule has 19 heavy (non-hydrogen) atoms. The Hall–Kier alpha value is -1.85. The number of nitrogens with one attached hydrogen (secondary N) is 3. The van der Waals surface area contributed by atoms with Crippen LogP contribution in [0.15, 0.2) is 30.5 Å². The van der Waals surface area contributed by atoms with Crippen LogP contribution in [0.5, 0.6) is 0 Å². The number of fused-ring (bicyclic) bond motifs is 1. The van der Waals surface area contributed by atoms with Crippen LogP contribution in [0.2, 0.25) is 0 Å². The standard InChI is InChI=1S/C14H17N3O2/c18-14(17-8-11-9-19-7-6-15-11)12-3-1-2-10-4-5-16-13(10)12/h1-5,11,15-16H,6-9H2,(H,17,18). The van der Waals surface area contributed by atoms with Crippen molar-refractivity contribution in [3.05, 3.63) is 36.0 Å². The maximum Gasteiger partial charge on any atom is 0.253 e. The molecule has 5 heteroatoms. The molecule has 3 rings (SSSR count). The van der Waals surface area contributed by atoms with Crippen LogP contribution in [0.25, 0.3) is 10.9 Å². The Kier molecular flexibility index (Phi) is 3.48. The van der Waals surface area contributed by atoms with Gasteiger partial charge in [-0.25, -0.2) is 0 Å². The summed E-state index contributed by atoms with van der Waals surface area (Å²) in [5.41, 5.74) is 1.56. The lowest BCUT2D eigenvalue weighted by Gasteiger charge is -2.23. The number of aromatic amines is 1. The molecule has 1 unspecified atom stereocenters. The monoisotopic (exact) mass is 259 g/mol. The van der Waals surface area contributed by atoms with Gasteiger partial charge in [0.2, 0.25) is 0 Å². The van der Waals surface area contributed by atoms with Gasteiger partial charge in [-0.15, -0.1) is 0 Å². The van der Waals surface area contributed by atoms with Crippen molar-refractivity contribution in [1.29, 1.82) is 0 Å². The van der Waals surface area contributed by atoms with E-state index in [0.717, 1.165) is 24.1 Å². The molecule has 1 aromatic heterocycles. The number of hydrogen-bond donors (Lipinski definition) is 3. The molecule has 0 spiro atoms. The highest BCUT2D eigenvalue weighted by Crippen LogP contribution is 2.16. The lowest BCUT2D eigenvalue weighted by Crippen LogP contribution is -2.48. The molecule has 3 N–H and O–H groups in total. The van der Waals surface area contributed by atoms with Gasteiger partial charge < -0.3 is 20.4 Å². The fourth-order valence-electron chi connectivity index (χ4n) is 2.34. The summed E-state index contributed by atoms with van der Waals surface area (Å²) in [5.74, 6) is -0.0552. The predicted molar refractivity (Wildman–Crippen MR) is 73.2 cm³/mol. The molecule has 1 aliphatic rings. The minimum atomic E-state index is -0.0552. The van der Waals surface area contributed by atoms with E-state index in [1.807, 2.05) is 30.5 Å². The first-order valence-corrected chi connectivity index (χ1v) is 6.50. The summed E-state index contributed by atoms with van der Waals surface area (Å²) in [5, 5.41) is 7.31. The van der Waals surface area contributed by atoms with Crippen LogP contribution < -0.4 is 10.6 Å². The average molecular weight is 259 g/mol. The third-order valence-electron chi connectivity index (χ3n) is 3.34. The summed E-state index contributed by atoms with van der Waals surface area (Å²) in [6.45, 7) is 2.81. The smallest absolute Gasteiger partial charge is 0.253 e. The summed E-state index contributed by atoms with van der Waals surface area (Å²) in [7, 11) is 0. The first-order valence-electron chi connectivity index (χ1n) is 6.50. The lowest BCUT2D eigenvalue weighted by atomic mass is 10.1. The maximum atomic E-state index is 12.2. The number of amides is 1. The van der Waals surface area contributed by atoms with Gasteiger partial charge >= 0.3 is 0 Å². The van der Waals surface area contributed by atoms with E-state index in [2.05, 4.69) is 15.6 Å². The van der Waals surface area contributed by atoms with Gasteiger partial charge in [0.1, 0.15) is 0 Å². The second kappa shape index (κ2) is 5.42. The van der Waals surface area contributed by atoms with E-state index in [1.54, 1.807) is 0 Å². The quantitative estimate of drug-likeness (QED) is 0.767. The van der Waals surface area contributed by atoms with Crippen molar-refractivity contribution >= 4 is 16.8 Å². The SMILES string of the molecule is O=C(NCC1COCCN1)c1cccc2cc[nH]c12. The van der Waals surface area contributed by atoms with Crippen LogP contribution in [0.4, 0.5) is 0 Å². The first kappa shape index (κ1) is 12.2. The first-order chi connectivity index (χ1) is 9.34. The zero-order valence-corrected chi connectivity index (χ0v) is 10.6. The van der Waals surface area contributed by atoms with Crippen molar-refractivity contribution in [2.75, 3.05) is 26.3 Å². The van der Waals surface area contributed by atoms with Crippen molar-refractivity contribution in [3.63, 3.8) is 0 Å². The number of carbonyl (C=O) groups excluding carboxylic acids is 1. The minimum Gasteiger partial charge on any atom is -0.378 e. The number of benzene rings is 1. The molecular formula is C14H17N3O2. The lowest BCUT2D eigenvalue weighted by molar-refractivity contribution is 0.0735. The van der Waals surface area contributed by atoms with Crippen molar-refractivity contribution in [2.45, 2.75) is 6.04 Å². The Balaban J connectivity index is 1.68. The van der Waals surface area contributed by atoms with E-state index in [-0.39, 0.29) is 11.9 Å². The Morgan fingerprint density at radius 2 is 2.37 bits per heavy atom. The van der Waals surface area contributed by atoms with Crippen LogP contribution in [0.3, 0.4) is 0 Å². The molecule has 0 bridgehead atoms. The van der Waals surface area contributed by atoms with Gasteiger partial charge in [0, 0.05) is 30.7 Å². The molecule has 1 saturated heterocycles. The normalized spacial score (nSPS) is 19.5. The highest BCUT2D eigenvalue weighted by atomic mass is 16.5. The fourth-order valence-corrected chi connectivity index (χ4v) is 2.34. The summed E-state index contributed by atoms with van der Waals surface area (Å²) in [6, 6.07) is 7.87. The Labute approximate surface area is 111 Å². The Morgan fingerprint density at radius 3 is 3.21 bits per heavy atom. The van der Waals surface area contributed by atoms with E-state index in [4.69, 9.17) is 4.74 Å². The number of para-hydroxylation sites is 1. The summed E-state index contributed by atoms with van der Waals surface area (Å²) in [4.78, 5) is 15.3. The summed E-state index contributed by atoms with van der Waals surface area (Å²) >= 11 is 0. The highest BCUT2D eigenvalue weighted by molar-refractivity contribution is 6.05. The molecule has 0 aliphatic carbocycles. The van der Waals surface area contributed by atoms with Gasteiger partial charge in [0.25, 0.3) is 5.91 Å². The van der Waals surface area contributed by atoms with Crippen LogP contribution in [-0.2, 0) is 4.74 Å². The third kappa shape index (κ3) is 2.62. The largest absolute Gasteiger partial charge is 0.378 e. The number of morpholine rings is 1. The van der Waals surface area contributed by atoms with Crippen molar-refractivity contribution in [1.82, 2.24) is 15.6 Å². The van der Waals surface area contributed by atoms with Crippen LogP contribution in [0.1, 0.15) is 10.4 Å². The summed E-state index contributed by atoms with van der Waals surface area (Å²) < 4.78 is 5.36. The molecule has 2 heterocycles. The minimum absolute atomic E-state index is 0.0552. The Morgan fingerprint density at radius 1 is 1.42 bits per heavy atom. The van der Waals surface area contributed by atoms with Crippen molar-refractivity contribution in [3.8, 4) is 0 Å². The molecule has 0 radical (unpaired) electrons. The van der Waals surface area contributed by atoms with E-state index >= 15 is 0 Å². The van der Waals surface area contributed by atoms with Crippen LogP contribution in [-0.4, -0.2) is 43.2 Å². The van der Waals surface area contributed by atoms with E-state index < -0.39 is 0 Å². The third-order valence-corrected chi connectivity index (χ3v) is 3.34. The molecule has 0 saturated carbocycles. The molecular weight excluding hydrogens is 242 g/mol. The van der Waals surface area contributed by atoms with E-state index in [9.17, 15) is 4.79 Å². The van der Waals surface area contributed by atoms with Crippen LogP contribution >= 0.6 is 0 Å². The molecule has 100 valence electrons. The predicted octanol–water partition coefficient (Wildman–Crippen LogP) is 0.886. The molecule has 2 aromatic rings. The fraction of sp³-hybridized carbons (Fsp3) is 0.357. The average Bonchev–Trinajstić information content (AvgIpc) is 2.94. The zero-order chi connectivity index (χ0) is 13.1. The van der Waals surface area contributed by atoms with Crippen LogP contribution in [0, 0.1) is 0 Å². The molecule has 1 fully saturated rings. The second-order valence-electron chi connectivity index (χ2n) is 4.68. The molecule has 1 atom stereocenters. The van der Waals surface area contributed by atoms with Gasteiger partial charge in [-0.05, 0) is 12.1 Å². The number of ether oxygens (including phenoxy) is 1. The number of carbonyl (C=O) groups is 1. The molecule has 5 nitrogen and oxygen atoms in total. The van der Waals surface area contributed by atoms with Gasteiger partial charge in [0.05, 0.1) is 24.3 Å². The zero-order valence-electron chi connectivity index (χ0n) is 10.6. The molecule has 1 aromatic carbocycles. The molecule has 1 aliphatic heterocycles. The van der Waals surface area contributed by atoms with Gasteiger partial charge in [-0.2, -0.15) is 0 Å². The topological polar surface area (TPSA) is 66.2 Å². The number of hydrogen-bond acceptors (Lipinski definition) is 3. The second-order valence-corrected chi connectivity index (χ2v) is 4.68. The maximum absolute atomic E-state index is 12.2. The number of rotatable bonds is 3.